The van der Waals surface area contributed by atoms with Crippen LogP contribution in [0.25, 0.3) is 0 Å². The van der Waals surface area contributed by atoms with Crippen LogP contribution < -0.4 is 4.74 Å². The highest BCUT2D eigenvalue weighted by Crippen LogP contribution is 2.31. The van der Waals surface area contributed by atoms with Gasteiger partial charge >= 0.3 is 0 Å². The average Bonchev–Trinajstić information content (AvgIpc) is 2.38. The van der Waals surface area contributed by atoms with Crippen molar-refractivity contribution in [3.8, 4) is 5.75 Å². The number of hydrogen-bond acceptors (Lipinski definition) is 3. The van der Waals surface area contributed by atoms with Crippen molar-refractivity contribution in [3.63, 3.8) is 0 Å². The van der Waals surface area contributed by atoms with Crippen molar-refractivity contribution in [2.24, 2.45) is 5.41 Å². The topological polar surface area (TPSA) is 43.4 Å². The maximum absolute atomic E-state index is 11.9. The van der Waals surface area contributed by atoms with Crippen molar-refractivity contribution in [2.45, 2.75) is 26.7 Å². The van der Waals surface area contributed by atoms with Crippen LogP contribution in [0.3, 0.4) is 0 Å². The number of allylic oxidation sites excluding steroid dienone is 1. The van der Waals surface area contributed by atoms with Gasteiger partial charge in [-0.05, 0) is 44.4 Å². The van der Waals surface area contributed by atoms with Crippen molar-refractivity contribution in [3.05, 3.63) is 42.5 Å². The van der Waals surface area contributed by atoms with E-state index in [0.717, 1.165) is 11.3 Å². The van der Waals surface area contributed by atoms with Gasteiger partial charge in [0.05, 0.1) is 12.5 Å². The monoisotopic (exact) mass is 260 g/mol. The third-order valence-corrected chi connectivity index (χ3v) is 3.51. The Balaban J connectivity index is 3.08. The molecule has 3 nitrogen and oxygen atoms in total. The van der Waals surface area contributed by atoms with Gasteiger partial charge in [-0.2, -0.15) is 0 Å². The molecule has 0 saturated carbocycles. The lowest BCUT2D eigenvalue weighted by Crippen LogP contribution is -2.38. The second kappa shape index (κ2) is 6.32. The lowest BCUT2D eigenvalue weighted by molar-refractivity contribution is -0.138. The predicted octanol–water partition coefficient (Wildman–Crippen LogP) is 2.98. The van der Waals surface area contributed by atoms with Crippen LogP contribution in [0.2, 0.25) is 0 Å². The van der Waals surface area contributed by atoms with Gasteiger partial charge in [0, 0.05) is 0 Å². The Morgan fingerprint density at radius 3 is 2.11 bits per heavy atom. The molecule has 0 spiro atoms. The quantitative estimate of drug-likeness (QED) is 0.559. The maximum Gasteiger partial charge on any atom is 0.143 e. The number of ether oxygens (including phenoxy) is 1. The first-order valence-electron chi connectivity index (χ1n) is 6.22. The minimum Gasteiger partial charge on any atom is -0.497 e. The third kappa shape index (κ3) is 3.31. The molecule has 0 aromatic heterocycles. The molecule has 19 heavy (non-hydrogen) atoms. The van der Waals surface area contributed by atoms with Gasteiger partial charge in [0.2, 0.25) is 0 Å². The summed E-state index contributed by atoms with van der Waals surface area (Å²) in [4.78, 5) is 23.9. The van der Waals surface area contributed by atoms with E-state index in [-0.39, 0.29) is 11.6 Å². The Bertz CT molecular complexity index is 457. The molecule has 0 N–H and O–H groups in total. The number of rotatable bonds is 7. The van der Waals surface area contributed by atoms with Gasteiger partial charge in [0.25, 0.3) is 0 Å². The minimum absolute atomic E-state index is 0.115. The Morgan fingerprint density at radius 2 is 1.74 bits per heavy atom. The summed E-state index contributed by atoms with van der Waals surface area (Å²) in [6, 6.07) is 7.41. The SMILES string of the molecule is C=CCC(Cc1ccc(OC)cc1)(C(C)=O)C(C)=O. The fraction of sp³-hybridized carbons (Fsp3) is 0.375. The fourth-order valence-electron chi connectivity index (χ4n) is 2.19. The number of benzene rings is 1. The Labute approximate surface area is 114 Å². The van der Waals surface area contributed by atoms with Crippen LogP contribution >= 0.6 is 0 Å². The molecule has 1 aromatic carbocycles. The molecule has 102 valence electrons. The molecule has 0 aliphatic rings. The molecule has 0 bridgehead atoms. The average molecular weight is 260 g/mol. The fourth-order valence-corrected chi connectivity index (χ4v) is 2.19. The summed E-state index contributed by atoms with van der Waals surface area (Å²) >= 11 is 0. The molecular formula is C16H20O3. The first-order valence-corrected chi connectivity index (χ1v) is 6.22. The lowest BCUT2D eigenvalue weighted by Gasteiger charge is -2.27. The molecule has 0 amide bonds. The first-order chi connectivity index (χ1) is 8.96. The van der Waals surface area contributed by atoms with E-state index >= 15 is 0 Å². The molecule has 1 aromatic rings. The second-order valence-corrected chi connectivity index (χ2v) is 4.71. The summed E-state index contributed by atoms with van der Waals surface area (Å²) in [5.74, 6) is 0.523. The Kier molecular flexibility index (Phi) is 5.04. The van der Waals surface area contributed by atoms with Crippen LogP contribution in [0.1, 0.15) is 25.8 Å². The molecule has 1 rings (SSSR count). The zero-order chi connectivity index (χ0) is 14.5. The summed E-state index contributed by atoms with van der Waals surface area (Å²) in [7, 11) is 1.60. The van der Waals surface area contributed by atoms with E-state index < -0.39 is 5.41 Å². The molecule has 0 atom stereocenters. The number of methoxy groups -OCH3 is 1. The van der Waals surface area contributed by atoms with Crippen LogP contribution in [0.15, 0.2) is 36.9 Å². The van der Waals surface area contributed by atoms with Crippen LogP contribution in [0.5, 0.6) is 5.75 Å². The van der Waals surface area contributed by atoms with Crippen molar-refractivity contribution in [1.82, 2.24) is 0 Å². The molecule has 0 aliphatic carbocycles. The molecule has 0 radical (unpaired) electrons. The highest BCUT2D eigenvalue weighted by molar-refractivity contribution is 6.05. The normalized spacial score (nSPS) is 10.9. The Morgan fingerprint density at radius 1 is 1.21 bits per heavy atom. The van der Waals surface area contributed by atoms with E-state index in [1.54, 1.807) is 13.2 Å². The van der Waals surface area contributed by atoms with Crippen LogP contribution in [-0.4, -0.2) is 18.7 Å². The summed E-state index contributed by atoms with van der Waals surface area (Å²) in [5.41, 5.74) is -0.0517. The smallest absolute Gasteiger partial charge is 0.143 e. The summed E-state index contributed by atoms with van der Waals surface area (Å²) in [6.45, 7) is 6.59. The molecule has 0 saturated heterocycles. The predicted molar refractivity (Wildman–Crippen MR) is 75.3 cm³/mol. The molecule has 0 unspecified atom stereocenters. The van der Waals surface area contributed by atoms with Gasteiger partial charge in [0.15, 0.2) is 0 Å². The largest absolute Gasteiger partial charge is 0.497 e. The van der Waals surface area contributed by atoms with Crippen LogP contribution in [-0.2, 0) is 16.0 Å². The number of hydrogen-bond donors (Lipinski definition) is 0. The van der Waals surface area contributed by atoms with Crippen molar-refractivity contribution >= 4 is 11.6 Å². The van der Waals surface area contributed by atoms with Crippen molar-refractivity contribution < 1.29 is 14.3 Å². The van der Waals surface area contributed by atoms with Gasteiger partial charge in [0.1, 0.15) is 17.3 Å². The van der Waals surface area contributed by atoms with Crippen LogP contribution in [0, 0.1) is 5.41 Å². The number of carbonyl (C=O) groups is 2. The molecule has 3 heteroatoms. The minimum atomic E-state index is -0.990. The molecule has 0 fully saturated rings. The third-order valence-electron chi connectivity index (χ3n) is 3.51. The lowest BCUT2D eigenvalue weighted by atomic mass is 9.72. The van der Waals surface area contributed by atoms with Gasteiger partial charge in [-0.1, -0.05) is 18.2 Å². The number of ketones is 2. The summed E-state index contributed by atoms with van der Waals surface area (Å²) < 4.78 is 5.09. The number of carbonyl (C=O) groups excluding carboxylic acids is 2. The van der Waals surface area contributed by atoms with Crippen molar-refractivity contribution in [2.75, 3.05) is 7.11 Å². The van der Waals surface area contributed by atoms with Crippen molar-refractivity contribution in [1.29, 1.82) is 0 Å². The molecule has 0 heterocycles. The van der Waals surface area contributed by atoms with E-state index in [1.807, 2.05) is 24.3 Å². The highest BCUT2D eigenvalue weighted by atomic mass is 16.5. The van der Waals surface area contributed by atoms with E-state index in [9.17, 15) is 9.59 Å². The first kappa shape index (κ1) is 15.2. The van der Waals surface area contributed by atoms with Gasteiger partial charge < -0.3 is 4.74 Å². The molecular weight excluding hydrogens is 240 g/mol. The van der Waals surface area contributed by atoms with E-state index in [1.165, 1.54) is 13.8 Å². The zero-order valence-electron chi connectivity index (χ0n) is 11.7. The van der Waals surface area contributed by atoms with E-state index in [0.29, 0.717) is 12.8 Å². The zero-order valence-corrected chi connectivity index (χ0v) is 11.7. The Hall–Kier alpha value is -1.90. The van der Waals surface area contributed by atoms with Crippen LogP contribution in [0.4, 0.5) is 0 Å². The standard InChI is InChI=1S/C16H20O3/c1-5-10-16(12(2)17,13(3)18)11-14-6-8-15(19-4)9-7-14/h5-9H,1,10-11H2,2-4H3. The second-order valence-electron chi connectivity index (χ2n) is 4.71. The number of Topliss-reactive ketones (excluding diaryl/α,β-unsaturated/α-hetero) is 2. The summed E-state index contributed by atoms with van der Waals surface area (Å²) in [5, 5.41) is 0. The van der Waals surface area contributed by atoms with Gasteiger partial charge in [-0.3, -0.25) is 9.59 Å². The van der Waals surface area contributed by atoms with Gasteiger partial charge in [-0.15, -0.1) is 6.58 Å². The van der Waals surface area contributed by atoms with Gasteiger partial charge in [-0.25, -0.2) is 0 Å². The maximum atomic E-state index is 11.9. The van der Waals surface area contributed by atoms with E-state index in [4.69, 9.17) is 4.74 Å². The molecule has 0 aliphatic heterocycles. The van der Waals surface area contributed by atoms with E-state index in [2.05, 4.69) is 6.58 Å². The summed E-state index contributed by atoms with van der Waals surface area (Å²) in [6.07, 6.45) is 2.39. The highest BCUT2D eigenvalue weighted by Gasteiger charge is 2.39.